The third-order valence-corrected chi connectivity index (χ3v) is 3.35. The zero-order valence-electron chi connectivity index (χ0n) is 12.6. The Morgan fingerprint density at radius 3 is 2.57 bits per heavy atom. The number of aliphatic carboxylic acids is 1. The van der Waals surface area contributed by atoms with E-state index in [-0.39, 0.29) is 5.57 Å². The Bertz CT molecular complexity index is 724. The van der Waals surface area contributed by atoms with Gasteiger partial charge in [0, 0.05) is 10.6 Å². The van der Waals surface area contributed by atoms with Crippen molar-refractivity contribution >= 4 is 29.2 Å². The summed E-state index contributed by atoms with van der Waals surface area (Å²) in [5, 5.41) is 9.93. The lowest BCUT2D eigenvalue weighted by Crippen LogP contribution is -2.01. The van der Waals surface area contributed by atoms with Crippen LogP contribution in [0.15, 0.2) is 42.5 Å². The Balaban J connectivity index is 2.48. The van der Waals surface area contributed by atoms with Gasteiger partial charge in [0.25, 0.3) is 0 Å². The predicted octanol–water partition coefficient (Wildman–Crippen LogP) is 4.89. The van der Waals surface area contributed by atoms with Crippen LogP contribution in [0.3, 0.4) is 0 Å². The molecular weight excluding hydrogens is 319 g/mol. The lowest BCUT2D eigenvalue weighted by molar-refractivity contribution is -0.130. The first-order valence-corrected chi connectivity index (χ1v) is 7.52. The van der Waals surface area contributed by atoms with Crippen molar-refractivity contribution in [2.45, 2.75) is 13.3 Å². The molecule has 23 heavy (non-hydrogen) atoms. The molecule has 0 fully saturated rings. The minimum Gasteiger partial charge on any atom is -0.493 e. The van der Waals surface area contributed by atoms with Crippen molar-refractivity contribution in [1.82, 2.24) is 0 Å². The lowest BCUT2D eigenvalue weighted by Gasteiger charge is -2.10. The first kappa shape index (κ1) is 17.0. The molecule has 0 atom stereocenters. The maximum Gasteiger partial charge on any atom is 0.336 e. The number of halogens is 2. The smallest absolute Gasteiger partial charge is 0.336 e. The molecule has 0 aliphatic heterocycles. The van der Waals surface area contributed by atoms with E-state index < -0.39 is 11.8 Å². The van der Waals surface area contributed by atoms with E-state index in [0.717, 1.165) is 6.42 Å². The largest absolute Gasteiger partial charge is 0.493 e. The van der Waals surface area contributed by atoms with Crippen molar-refractivity contribution in [1.29, 1.82) is 0 Å². The molecule has 2 aromatic rings. The lowest BCUT2D eigenvalue weighted by atomic mass is 10.0. The fourth-order valence-corrected chi connectivity index (χ4v) is 2.21. The molecule has 0 aromatic heterocycles. The number of ether oxygens (including phenoxy) is 1. The van der Waals surface area contributed by atoms with E-state index in [2.05, 4.69) is 0 Å². The molecule has 1 N–H and O–H groups in total. The van der Waals surface area contributed by atoms with Crippen LogP contribution in [0.25, 0.3) is 11.6 Å². The molecule has 0 radical (unpaired) electrons. The Hall–Kier alpha value is -2.33. The SMILES string of the molecule is CCCOc1ccc(Cl)cc1/C=C(\C(=O)O)c1ccc(F)cc1. The molecule has 0 amide bonds. The van der Waals surface area contributed by atoms with Gasteiger partial charge >= 0.3 is 5.97 Å². The van der Waals surface area contributed by atoms with Gasteiger partial charge in [-0.05, 0) is 48.4 Å². The fraction of sp³-hybridized carbons (Fsp3) is 0.167. The minimum absolute atomic E-state index is 0.0358. The van der Waals surface area contributed by atoms with Crippen LogP contribution >= 0.6 is 11.6 Å². The van der Waals surface area contributed by atoms with Crippen LogP contribution in [0.4, 0.5) is 4.39 Å². The van der Waals surface area contributed by atoms with Crippen molar-refractivity contribution in [3.63, 3.8) is 0 Å². The van der Waals surface area contributed by atoms with Crippen LogP contribution in [0, 0.1) is 5.82 Å². The van der Waals surface area contributed by atoms with Gasteiger partial charge in [-0.3, -0.25) is 0 Å². The van der Waals surface area contributed by atoms with Crippen molar-refractivity contribution in [2.24, 2.45) is 0 Å². The molecule has 0 saturated carbocycles. The van der Waals surface area contributed by atoms with Gasteiger partial charge in [0.05, 0.1) is 12.2 Å². The van der Waals surface area contributed by atoms with Crippen LogP contribution in [0.5, 0.6) is 5.75 Å². The summed E-state index contributed by atoms with van der Waals surface area (Å²) in [6, 6.07) is 10.3. The molecule has 0 aliphatic rings. The molecule has 0 heterocycles. The standard InChI is InChI=1S/C18H16ClFO3/c1-2-9-23-17-8-5-14(19)10-13(17)11-16(18(21)22)12-3-6-15(20)7-4-12/h3-8,10-11H,2,9H2,1H3,(H,21,22)/b16-11-. The minimum atomic E-state index is -1.11. The van der Waals surface area contributed by atoms with Gasteiger partial charge in [-0.25, -0.2) is 9.18 Å². The fourth-order valence-electron chi connectivity index (χ4n) is 2.03. The van der Waals surface area contributed by atoms with Gasteiger partial charge in [-0.15, -0.1) is 0 Å². The molecule has 3 nitrogen and oxygen atoms in total. The average Bonchev–Trinajstić information content (AvgIpc) is 2.52. The van der Waals surface area contributed by atoms with E-state index in [1.165, 1.54) is 30.3 Å². The third kappa shape index (κ3) is 4.57. The zero-order valence-corrected chi connectivity index (χ0v) is 13.3. The summed E-state index contributed by atoms with van der Waals surface area (Å²) < 4.78 is 18.7. The maximum absolute atomic E-state index is 13.0. The molecule has 5 heteroatoms. The summed E-state index contributed by atoms with van der Waals surface area (Å²) >= 11 is 6.00. The average molecular weight is 335 g/mol. The first-order chi connectivity index (χ1) is 11.0. The quantitative estimate of drug-likeness (QED) is 0.604. The molecule has 0 aliphatic carbocycles. The molecule has 120 valence electrons. The molecule has 0 bridgehead atoms. The van der Waals surface area contributed by atoms with Crippen molar-refractivity contribution in [3.05, 3.63) is 64.4 Å². The summed E-state index contributed by atoms with van der Waals surface area (Å²) in [6.07, 6.45) is 2.31. The van der Waals surface area contributed by atoms with Crippen LogP contribution in [-0.2, 0) is 4.79 Å². The van der Waals surface area contributed by atoms with E-state index >= 15 is 0 Å². The highest BCUT2D eigenvalue weighted by Gasteiger charge is 2.13. The highest BCUT2D eigenvalue weighted by Crippen LogP contribution is 2.28. The number of carboxylic acid groups (broad SMARTS) is 1. The van der Waals surface area contributed by atoms with E-state index in [1.807, 2.05) is 6.92 Å². The van der Waals surface area contributed by atoms with Gasteiger partial charge in [0.15, 0.2) is 0 Å². The monoisotopic (exact) mass is 334 g/mol. The van der Waals surface area contributed by atoms with E-state index in [0.29, 0.717) is 28.5 Å². The van der Waals surface area contributed by atoms with Crippen molar-refractivity contribution < 1.29 is 19.0 Å². The summed E-state index contributed by atoms with van der Waals surface area (Å²) in [7, 11) is 0. The molecule has 2 aromatic carbocycles. The van der Waals surface area contributed by atoms with Gasteiger partial charge in [-0.2, -0.15) is 0 Å². The number of benzene rings is 2. The second kappa shape index (κ2) is 7.79. The number of hydrogen-bond acceptors (Lipinski definition) is 2. The second-order valence-electron chi connectivity index (χ2n) is 4.90. The molecule has 0 unspecified atom stereocenters. The van der Waals surface area contributed by atoms with E-state index in [4.69, 9.17) is 16.3 Å². The van der Waals surface area contributed by atoms with Crippen LogP contribution < -0.4 is 4.74 Å². The zero-order chi connectivity index (χ0) is 16.8. The van der Waals surface area contributed by atoms with E-state index in [1.54, 1.807) is 18.2 Å². The van der Waals surface area contributed by atoms with Gasteiger partial charge in [0.1, 0.15) is 11.6 Å². The molecule has 2 rings (SSSR count). The van der Waals surface area contributed by atoms with Gasteiger partial charge in [-0.1, -0.05) is 30.7 Å². The van der Waals surface area contributed by atoms with E-state index in [9.17, 15) is 14.3 Å². The normalized spacial score (nSPS) is 11.3. The van der Waals surface area contributed by atoms with Gasteiger partial charge < -0.3 is 9.84 Å². The molecular formula is C18H16ClFO3. The second-order valence-corrected chi connectivity index (χ2v) is 5.34. The summed E-state index contributed by atoms with van der Waals surface area (Å²) in [5.41, 5.74) is 1.00. The Kier molecular flexibility index (Phi) is 5.77. The maximum atomic E-state index is 13.0. The summed E-state index contributed by atoms with van der Waals surface area (Å²) in [6.45, 7) is 2.49. The number of hydrogen-bond donors (Lipinski definition) is 1. The van der Waals surface area contributed by atoms with Crippen LogP contribution in [-0.4, -0.2) is 17.7 Å². The first-order valence-electron chi connectivity index (χ1n) is 7.14. The summed E-state index contributed by atoms with van der Waals surface area (Å²) in [5.74, 6) is -0.983. The van der Waals surface area contributed by atoms with Crippen molar-refractivity contribution in [3.8, 4) is 5.75 Å². The number of carboxylic acids is 1. The highest BCUT2D eigenvalue weighted by molar-refractivity contribution is 6.31. The Morgan fingerprint density at radius 1 is 1.26 bits per heavy atom. The number of carbonyl (C=O) groups is 1. The number of rotatable bonds is 6. The van der Waals surface area contributed by atoms with Crippen LogP contribution in [0.1, 0.15) is 24.5 Å². The molecule has 0 spiro atoms. The van der Waals surface area contributed by atoms with Gasteiger partial charge in [0.2, 0.25) is 0 Å². The Morgan fingerprint density at radius 2 is 1.96 bits per heavy atom. The highest BCUT2D eigenvalue weighted by atomic mass is 35.5. The van der Waals surface area contributed by atoms with Crippen LogP contribution in [0.2, 0.25) is 5.02 Å². The third-order valence-electron chi connectivity index (χ3n) is 3.12. The predicted molar refractivity (Wildman–Crippen MR) is 89.1 cm³/mol. The van der Waals surface area contributed by atoms with Crippen molar-refractivity contribution in [2.75, 3.05) is 6.61 Å². The Labute approximate surface area is 139 Å². The molecule has 0 saturated heterocycles. The summed E-state index contributed by atoms with van der Waals surface area (Å²) in [4.78, 5) is 11.6. The topological polar surface area (TPSA) is 46.5 Å².